The number of aromatic nitrogens is 2. The van der Waals surface area contributed by atoms with Gasteiger partial charge in [0.1, 0.15) is 12.4 Å². The van der Waals surface area contributed by atoms with Crippen molar-refractivity contribution in [2.75, 3.05) is 36.6 Å². The molecule has 8 heteroatoms. The number of nitrogens with zero attached hydrogens (tertiary/aromatic N) is 3. The lowest BCUT2D eigenvalue weighted by atomic mass is 10.2. The fourth-order valence-electron chi connectivity index (χ4n) is 3.57. The molecule has 2 amide bonds. The molecule has 1 fully saturated rings. The summed E-state index contributed by atoms with van der Waals surface area (Å²) in [6.45, 7) is 2.43. The molecule has 148 valence electrons. The second-order valence-electron chi connectivity index (χ2n) is 7.06. The number of rotatable bonds is 3. The Hall–Kier alpha value is -3.39. The van der Waals surface area contributed by atoms with Gasteiger partial charge in [0.25, 0.3) is 0 Å². The number of urea groups is 1. The number of pyridine rings is 2. The molecule has 3 aromatic rings. The van der Waals surface area contributed by atoms with Gasteiger partial charge in [0.05, 0.1) is 30.2 Å². The Morgan fingerprint density at radius 1 is 1.14 bits per heavy atom. The zero-order valence-electron chi connectivity index (χ0n) is 15.8. The molecule has 4 heterocycles. The molecular weight excluding hydrogens is 370 g/mol. The number of anilines is 3. The van der Waals surface area contributed by atoms with Gasteiger partial charge in [0.2, 0.25) is 5.88 Å². The van der Waals surface area contributed by atoms with Crippen LogP contribution in [0, 0.1) is 0 Å². The first-order valence-corrected chi connectivity index (χ1v) is 9.68. The Labute approximate surface area is 167 Å². The average Bonchev–Trinajstić information content (AvgIpc) is 3.27. The predicted molar refractivity (Wildman–Crippen MR) is 110 cm³/mol. The first-order chi connectivity index (χ1) is 14.3. The smallest absolute Gasteiger partial charge is 0.328 e. The van der Waals surface area contributed by atoms with Crippen LogP contribution >= 0.6 is 0 Å². The highest BCUT2D eigenvalue weighted by Crippen LogP contribution is 2.33. The average molecular weight is 391 g/mol. The molecule has 1 atom stereocenters. The molecule has 2 aliphatic rings. The first kappa shape index (κ1) is 17.7. The van der Waals surface area contributed by atoms with Gasteiger partial charge in [-0.3, -0.25) is 0 Å². The summed E-state index contributed by atoms with van der Waals surface area (Å²) in [4.78, 5) is 23.7. The van der Waals surface area contributed by atoms with Crippen LogP contribution in [0.5, 0.6) is 5.88 Å². The van der Waals surface area contributed by atoms with Gasteiger partial charge in [-0.2, -0.15) is 0 Å². The third kappa shape index (κ3) is 3.54. The van der Waals surface area contributed by atoms with Crippen LogP contribution in [-0.2, 0) is 4.74 Å². The van der Waals surface area contributed by atoms with Gasteiger partial charge in [-0.25, -0.2) is 19.7 Å². The predicted octanol–water partition coefficient (Wildman–Crippen LogP) is 3.07. The van der Waals surface area contributed by atoms with Crippen LogP contribution < -0.4 is 20.3 Å². The maximum atomic E-state index is 13.2. The van der Waals surface area contributed by atoms with Gasteiger partial charge in [-0.05, 0) is 23.9 Å². The third-order valence-electron chi connectivity index (χ3n) is 5.06. The normalized spacial score (nSPS) is 17.9. The van der Waals surface area contributed by atoms with Crippen molar-refractivity contribution in [2.45, 2.75) is 12.5 Å². The van der Waals surface area contributed by atoms with Crippen LogP contribution in [0.15, 0.2) is 48.8 Å². The molecule has 8 nitrogen and oxygen atoms in total. The van der Waals surface area contributed by atoms with Gasteiger partial charge in [-0.1, -0.05) is 24.3 Å². The van der Waals surface area contributed by atoms with Crippen molar-refractivity contribution in [3.8, 4) is 5.88 Å². The quantitative estimate of drug-likeness (QED) is 0.713. The Kier molecular flexibility index (Phi) is 4.61. The first-order valence-electron chi connectivity index (χ1n) is 9.68. The summed E-state index contributed by atoms with van der Waals surface area (Å²) in [5.41, 5.74) is 1.37. The van der Waals surface area contributed by atoms with Crippen LogP contribution in [0.3, 0.4) is 0 Å². The van der Waals surface area contributed by atoms with E-state index in [4.69, 9.17) is 9.47 Å². The van der Waals surface area contributed by atoms with Crippen LogP contribution in [0.25, 0.3) is 10.8 Å². The number of fused-ring (bicyclic) bond motifs is 2. The molecule has 1 unspecified atom stereocenters. The number of ether oxygens (including phenoxy) is 2. The standard InChI is InChI=1S/C21H21N5O3/c27-21(25-16-5-7-28-13-16)26(17-10-18-20(24-12-17)29-8-6-22-18)19-9-14-3-1-2-4-15(14)11-23-19/h1-4,9-12,16,22H,5-8,13H2,(H,25,27). The Morgan fingerprint density at radius 3 is 2.90 bits per heavy atom. The third-order valence-corrected chi connectivity index (χ3v) is 5.06. The monoisotopic (exact) mass is 391 g/mol. The fraction of sp³-hybridized carbons (Fsp3) is 0.286. The van der Waals surface area contributed by atoms with E-state index in [1.165, 1.54) is 0 Å². The summed E-state index contributed by atoms with van der Waals surface area (Å²) in [5.74, 6) is 1.06. The summed E-state index contributed by atoms with van der Waals surface area (Å²) in [7, 11) is 0. The van der Waals surface area contributed by atoms with Gasteiger partial charge in [0.15, 0.2) is 0 Å². The Bertz CT molecular complexity index is 1050. The molecule has 2 aromatic heterocycles. The van der Waals surface area contributed by atoms with Crippen molar-refractivity contribution in [3.05, 3.63) is 48.8 Å². The van der Waals surface area contributed by atoms with E-state index in [2.05, 4.69) is 20.6 Å². The number of nitrogens with one attached hydrogen (secondary N) is 2. The van der Waals surface area contributed by atoms with Gasteiger partial charge in [-0.15, -0.1) is 0 Å². The van der Waals surface area contributed by atoms with Crippen LogP contribution in [0.2, 0.25) is 0 Å². The molecule has 0 radical (unpaired) electrons. The van der Waals surface area contributed by atoms with Crippen LogP contribution in [0.4, 0.5) is 22.0 Å². The van der Waals surface area contributed by atoms with E-state index in [-0.39, 0.29) is 12.1 Å². The van der Waals surface area contributed by atoms with E-state index in [9.17, 15) is 4.79 Å². The summed E-state index contributed by atoms with van der Waals surface area (Å²) in [6, 6.07) is 11.4. The minimum absolute atomic E-state index is 0.0162. The number of carbonyl (C=O) groups is 1. The number of carbonyl (C=O) groups excluding carboxylic acids is 1. The van der Waals surface area contributed by atoms with E-state index in [0.29, 0.717) is 43.8 Å². The summed E-state index contributed by atoms with van der Waals surface area (Å²) in [6.07, 6.45) is 4.20. The molecule has 1 aromatic carbocycles. The van der Waals surface area contributed by atoms with E-state index in [1.54, 1.807) is 17.3 Å². The molecule has 5 rings (SSSR count). The lowest BCUT2D eigenvalue weighted by Crippen LogP contribution is -2.43. The van der Waals surface area contributed by atoms with E-state index in [0.717, 1.165) is 22.9 Å². The van der Waals surface area contributed by atoms with E-state index < -0.39 is 0 Å². The molecule has 1 saturated heterocycles. The van der Waals surface area contributed by atoms with Gasteiger partial charge < -0.3 is 20.1 Å². The van der Waals surface area contributed by atoms with E-state index >= 15 is 0 Å². The lowest BCUT2D eigenvalue weighted by Gasteiger charge is -2.26. The second-order valence-corrected chi connectivity index (χ2v) is 7.06. The summed E-state index contributed by atoms with van der Waals surface area (Å²) in [5, 5.41) is 8.33. The maximum Gasteiger partial charge on any atom is 0.328 e. The van der Waals surface area contributed by atoms with Crippen molar-refractivity contribution < 1.29 is 14.3 Å². The van der Waals surface area contributed by atoms with Crippen molar-refractivity contribution in [2.24, 2.45) is 0 Å². The minimum Gasteiger partial charge on any atom is -0.474 e. The van der Waals surface area contributed by atoms with Gasteiger partial charge in [0, 0.05) is 24.7 Å². The van der Waals surface area contributed by atoms with Crippen LogP contribution in [-0.4, -0.2) is 48.4 Å². The van der Waals surface area contributed by atoms with Crippen molar-refractivity contribution in [1.29, 1.82) is 0 Å². The number of amides is 2. The minimum atomic E-state index is -0.262. The number of benzene rings is 1. The Balaban J connectivity index is 1.55. The Morgan fingerprint density at radius 2 is 2.03 bits per heavy atom. The summed E-state index contributed by atoms with van der Waals surface area (Å²) >= 11 is 0. The van der Waals surface area contributed by atoms with Crippen molar-refractivity contribution in [3.63, 3.8) is 0 Å². The highest BCUT2D eigenvalue weighted by molar-refractivity contribution is 6.00. The number of hydrogen-bond acceptors (Lipinski definition) is 6. The highest BCUT2D eigenvalue weighted by atomic mass is 16.5. The molecule has 0 saturated carbocycles. The molecule has 29 heavy (non-hydrogen) atoms. The molecule has 0 spiro atoms. The topological polar surface area (TPSA) is 88.6 Å². The second kappa shape index (κ2) is 7.56. The lowest BCUT2D eigenvalue weighted by molar-refractivity contribution is 0.189. The zero-order chi connectivity index (χ0) is 19.6. The molecule has 0 aliphatic carbocycles. The van der Waals surface area contributed by atoms with Gasteiger partial charge >= 0.3 is 6.03 Å². The fourth-order valence-corrected chi connectivity index (χ4v) is 3.57. The highest BCUT2D eigenvalue weighted by Gasteiger charge is 2.26. The molecular formula is C21H21N5O3. The zero-order valence-corrected chi connectivity index (χ0v) is 15.8. The molecule has 0 bridgehead atoms. The largest absolute Gasteiger partial charge is 0.474 e. The number of hydrogen-bond donors (Lipinski definition) is 2. The molecule has 2 aliphatic heterocycles. The SMILES string of the molecule is O=C(NC1CCOC1)N(c1cnc2c(c1)NCCO2)c1cc2ccccc2cn1. The van der Waals surface area contributed by atoms with Crippen molar-refractivity contribution in [1.82, 2.24) is 15.3 Å². The van der Waals surface area contributed by atoms with Crippen LogP contribution in [0.1, 0.15) is 6.42 Å². The van der Waals surface area contributed by atoms with E-state index in [1.807, 2.05) is 36.4 Å². The van der Waals surface area contributed by atoms with Crippen molar-refractivity contribution >= 4 is 34.0 Å². The summed E-state index contributed by atoms with van der Waals surface area (Å²) < 4.78 is 11.0. The molecule has 2 N–H and O–H groups in total. The maximum absolute atomic E-state index is 13.2.